The molecule has 0 saturated carbocycles. The Morgan fingerprint density at radius 2 is 2.05 bits per heavy atom. The molecule has 0 aliphatic carbocycles. The van der Waals surface area contributed by atoms with Gasteiger partial charge in [-0.05, 0) is 6.07 Å². The fourth-order valence-corrected chi connectivity index (χ4v) is 1.93. The fraction of sp³-hybridized carbons (Fsp3) is 0.364. The van der Waals surface area contributed by atoms with Crippen molar-refractivity contribution in [2.75, 3.05) is 20.0 Å². The molecular weight excluding hydrogens is 263 g/mol. The second kappa shape index (κ2) is 4.61. The predicted molar refractivity (Wildman–Crippen MR) is 62.0 cm³/mol. The van der Waals surface area contributed by atoms with E-state index in [4.69, 9.17) is 10.5 Å². The van der Waals surface area contributed by atoms with Crippen molar-refractivity contribution >= 4 is 11.2 Å². The number of nitrogens with two attached hydrogens (primary N) is 1. The number of halogens is 3. The molecule has 0 radical (unpaired) electrons. The van der Waals surface area contributed by atoms with Gasteiger partial charge in [0, 0.05) is 18.9 Å². The number of aromatic nitrogens is 2. The first-order valence-corrected chi connectivity index (χ1v) is 5.29. The van der Waals surface area contributed by atoms with Crippen molar-refractivity contribution < 1.29 is 22.6 Å². The van der Waals surface area contributed by atoms with E-state index >= 15 is 0 Å². The van der Waals surface area contributed by atoms with Crippen LogP contribution in [0.15, 0.2) is 18.5 Å². The lowest BCUT2D eigenvalue weighted by atomic mass is 10.1. The minimum absolute atomic E-state index is 0.140. The van der Waals surface area contributed by atoms with Gasteiger partial charge in [0.05, 0.1) is 19.0 Å². The minimum Gasteiger partial charge on any atom is -0.492 e. The van der Waals surface area contributed by atoms with Gasteiger partial charge in [-0.1, -0.05) is 0 Å². The van der Waals surface area contributed by atoms with Gasteiger partial charge in [-0.2, -0.15) is 18.3 Å². The van der Waals surface area contributed by atoms with Crippen LogP contribution in [0.5, 0.6) is 5.75 Å². The van der Waals surface area contributed by atoms with Crippen LogP contribution in [-0.4, -0.2) is 30.0 Å². The molecule has 2 aromatic rings. The smallest absolute Gasteiger partial charge is 0.418 e. The van der Waals surface area contributed by atoms with Crippen molar-refractivity contribution in [3.8, 4) is 5.75 Å². The molecule has 0 aromatic carbocycles. The van der Waals surface area contributed by atoms with Crippen molar-refractivity contribution in [2.24, 2.45) is 0 Å². The summed E-state index contributed by atoms with van der Waals surface area (Å²) in [5.74, 6) is 0.140. The van der Waals surface area contributed by atoms with Gasteiger partial charge in [0.15, 0.2) is 11.9 Å². The highest BCUT2D eigenvalue weighted by Gasteiger charge is 2.43. The Kier molecular flexibility index (Phi) is 3.27. The first-order valence-electron chi connectivity index (χ1n) is 5.29. The van der Waals surface area contributed by atoms with Crippen LogP contribution in [0, 0.1) is 0 Å². The van der Waals surface area contributed by atoms with Gasteiger partial charge in [-0.15, -0.1) is 0 Å². The first kappa shape index (κ1) is 13.5. The first-order chi connectivity index (χ1) is 8.90. The largest absolute Gasteiger partial charge is 0.492 e. The predicted octanol–water partition coefficient (Wildman–Crippen LogP) is 2.17. The molecule has 104 valence electrons. The number of hydrogen-bond donors (Lipinski definition) is 1. The molecule has 0 amide bonds. The van der Waals surface area contributed by atoms with E-state index in [0.29, 0.717) is 0 Å². The van der Waals surface area contributed by atoms with E-state index in [2.05, 4.69) is 9.84 Å². The Morgan fingerprint density at radius 3 is 2.58 bits per heavy atom. The van der Waals surface area contributed by atoms with Crippen LogP contribution in [0.3, 0.4) is 0 Å². The van der Waals surface area contributed by atoms with Crippen LogP contribution >= 0.6 is 0 Å². The summed E-state index contributed by atoms with van der Waals surface area (Å²) in [6.45, 7) is 0. The number of rotatable bonds is 3. The maximum atomic E-state index is 12.9. The van der Waals surface area contributed by atoms with Crippen LogP contribution in [0.25, 0.3) is 5.52 Å². The Bertz CT molecular complexity index is 595. The number of alkyl halides is 3. The van der Waals surface area contributed by atoms with Gasteiger partial charge < -0.3 is 15.2 Å². The lowest BCUT2D eigenvalue weighted by molar-refractivity contribution is -0.215. The Labute approximate surface area is 106 Å². The molecule has 0 fully saturated rings. The molecule has 19 heavy (non-hydrogen) atoms. The van der Waals surface area contributed by atoms with Crippen molar-refractivity contribution in [3.63, 3.8) is 0 Å². The molecule has 1 unspecified atom stereocenters. The molecule has 0 aliphatic rings. The molecule has 0 aliphatic heterocycles. The normalized spacial score (nSPS) is 13.7. The number of anilines is 1. The summed E-state index contributed by atoms with van der Waals surface area (Å²) in [6.07, 6.45) is -4.08. The van der Waals surface area contributed by atoms with Gasteiger partial charge in [0.2, 0.25) is 0 Å². The summed E-state index contributed by atoms with van der Waals surface area (Å²) in [4.78, 5) is 0. The molecule has 2 N–H and O–H groups in total. The highest BCUT2D eigenvalue weighted by atomic mass is 19.4. The highest BCUT2D eigenvalue weighted by molar-refractivity contribution is 5.75. The van der Waals surface area contributed by atoms with Crippen LogP contribution in [0.2, 0.25) is 0 Å². The van der Waals surface area contributed by atoms with Crippen LogP contribution in [0.1, 0.15) is 11.7 Å². The standard InChI is InChI=1S/C11H12F3N3O2/c1-18-9-7(15)3-4-17-8(9)6(5-16-17)10(19-2)11(12,13)14/h3-5,10H,15H2,1-2H3. The number of fused-ring (bicyclic) bond motifs is 1. The molecule has 8 heteroatoms. The molecule has 1 atom stereocenters. The summed E-state index contributed by atoms with van der Waals surface area (Å²) in [6, 6.07) is 1.50. The second-order valence-electron chi connectivity index (χ2n) is 3.85. The summed E-state index contributed by atoms with van der Waals surface area (Å²) < 4.78 is 49.6. The number of nitrogens with zero attached hydrogens (tertiary/aromatic N) is 2. The van der Waals surface area contributed by atoms with Gasteiger partial charge in [0.25, 0.3) is 0 Å². The second-order valence-corrected chi connectivity index (χ2v) is 3.85. The van der Waals surface area contributed by atoms with Gasteiger partial charge >= 0.3 is 6.18 Å². The maximum absolute atomic E-state index is 12.9. The Morgan fingerprint density at radius 1 is 1.37 bits per heavy atom. The highest BCUT2D eigenvalue weighted by Crippen LogP contribution is 2.40. The average molecular weight is 275 g/mol. The summed E-state index contributed by atoms with van der Waals surface area (Å²) in [5, 5.41) is 3.85. The third-order valence-electron chi connectivity index (χ3n) is 2.72. The minimum atomic E-state index is -4.55. The molecule has 2 aromatic heterocycles. The van der Waals surface area contributed by atoms with E-state index in [0.717, 1.165) is 13.3 Å². The van der Waals surface area contributed by atoms with Gasteiger partial charge in [-0.25, -0.2) is 4.52 Å². The summed E-state index contributed by atoms with van der Waals surface area (Å²) >= 11 is 0. The number of pyridine rings is 1. The van der Waals surface area contributed by atoms with Crippen LogP contribution in [0.4, 0.5) is 18.9 Å². The number of ether oxygens (including phenoxy) is 2. The van der Waals surface area contributed by atoms with Gasteiger partial charge in [0.1, 0.15) is 5.52 Å². The average Bonchev–Trinajstić information content (AvgIpc) is 2.72. The summed E-state index contributed by atoms with van der Waals surface area (Å²) in [5.41, 5.74) is 5.92. The third kappa shape index (κ3) is 2.19. The number of hydrogen-bond acceptors (Lipinski definition) is 4. The van der Waals surface area contributed by atoms with E-state index in [1.807, 2.05) is 0 Å². The van der Waals surface area contributed by atoms with Crippen molar-refractivity contribution in [2.45, 2.75) is 12.3 Å². The lowest BCUT2D eigenvalue weighted by Gasteiger charge is -2.18. The van der Waals surface area contributed by atoms with Crippen molar-refractivity contribution in [3.05, 3.63) is 24.0 Å². The van der Waals surface area contributed by atoms with E-state index in [-0.39, 0.29) is 22.5 Å². The van der Waals surface area contributed by atoms with E-state index < -0.39 is 12.3 Å². The Balaban J connectivity index is 2.71. The zero-order valence-electron chi connectivity index (χ0n) is 10.2. The zero-order chi connectivity index (χ0) is 14.2. The number of methoxy groups -OCH3 is 2. The lowest BCUT2D eigenvalue weighted by Crippen LogP contribution is -2.22. The van der Waals surface area contributed by atoms with Gasteiger partial charge in [-0.3, -0.25) is 0 Å². The maximum Gasteiger partial charge on any atom is 0.418 e. The topological polar surface area (TPSA) is 61.8 Å². The number of nitrogen functional groups attached to an aromatic ring is 1. The van der Waals surface area contributed by atoms with Crippen LogP contribution in [-0.2, 0) is 4.74 Å². The molecule has 2 heterocycles. The SMILES string of the molecule is COc1c(N)ccn2ncc(C(OC)C(F)(F)F)c12. The van der Waals surface area contributed by atoms with E-state index in [9.17, 15) is 13.2 Å². The molecule has 2 rings (SSSR count). The monoisotopic (exact) mass is 275 g/mol. The fourth-order valence-electron chi connectivity index (χ4n) is 1.93. The van der Waals surface area contributed by atoms with Crippen molar-refractivity contribution in [1.29, 1.82) is 0 Å². The quantitative estimate of drug-likeness (QED) is 0.932. The Hall–Kier alpha value is -1.96. The van der Waals surface area contributed by atoms with Crippen LogP contribution < -0.4 is 10.5 Å². The van der Waals surface area contributed by atoms with E-state index in [1.54, 1.807) is 0 Å². The molecule has 0 saturated heterocycles. The molecule has 0 bridgehead atoms. The van der Waals surface area contributed by atoms with Crippen molar-refractivity contribution in [1.82, 2.24) is 9.61 Å². The summed E-state index contributed by atoms with van der Waals surface area (Å²) in [7, 11) is 2.32. The van der Waals surface area contributed by atoms with E-state index in [1.165, 1.54) is 23.9 Å². The molecule has 5 nitrogen and oxygen atoms in total. The molecular formula is C11H12F3N3O2. The molecule has 0 spiro atoms. The zero-order valence-corrected chi connectivity index (χ0v) is 10.2. The third-order valence-corrected chi connectivity index (χ3v) is 2.72.